The van der Waals surface area contributed by atoms with E-state index in [0.717, 1.165) is 9.87 Å². The second-order valence-electron chi connectivity index (χ2n) is 8.86. The average Bonchev–Trinajstić information content (AvgIpc) is 2.84. The molecule has 2 aromatic rings. The summed E-state index contributed by atoms with van der Waals surface area (Å²) in [5.74, 6) is -0.819. The molecule has 3 rings (SSSR count). The molecule has 188 valence electrons. The molecule has 0 bridgehead atoms. The van der Waals surface area contributed by atoms with Crippen LogP contribution in [0.5, 0.6) is 0 Å². The van der Waals surface area contributed by atoms with Gasteiger partial charge in [0, 0.05) is 6.54 Å². The number of hydrogen-bond acceptors (Lipinski definition) is 6. The van der Waals surface area contributed by atoms with Gasteiger partial charge in [0.05, 0.1) is 17.5 Å². The normalized spacial score (nSPS) is 17.6. The number of alkyl carbamates (subject to hydrolysis) is 1. The third-order valence-corrected chi connectivity index (χ3v) is 7.47. The van der Waals surface area contributed by atoms with Gasteiger partial charge in [-0.25, -0.2) is 13.2 Å². The lowest BCUT2D eigenvalue weighted by Gasteiger charge is -2.31. The zero-order chi connectivity index (χ0) is 25.4. The van der Waals surface area contributed by atoms with Gasteiger partial charge < -0.3 is 15.4 Å². The van der Waals surface area contributed by atoms with Crippen molar-refractivity contribution in [1.29, 1.82) is 0 Å². The van der Waals surface area contributed by atoms with E-state index in [0.29, 0.717) is 6.42 Å². The number of hydrogen-bond donors (Lipinski definition) is 2. The molecule has 0 aliphatic carbocycles. The van der Waals surface area contributed by atoms with Gasteiger partial charge in [0.15, 0.2) is 5.78 Å². The Morgan fingerprint density at radius 3 is 2.29 bits per heavy atom. The number of Topliss-reactive ketones (excluding diaryl/α,β-unsaturated/α-hetero) is 1. The third-order valence-electron chi connectivity index (χ3n) is 5.61. The van der Waals surface area contributed by atoms with E-state index >= 15 is 0 Å². The minimum atomic E-state index is -3.80. The Bertz CT molecular complexity index is 1120. The van der Waals surface area contributed by atoms with Crippen LogP contribution in [0.3, 0.4) is 0 Å². The molecule has 1 fully saturated rings. The van der Waals surface area contributed by atoms with Gasteiger partial charge in [-0.05, 0) is 36.5 Å². The molecule has 1 aliphatic heterocycles. The van der Waals surface area contributed by atoms with Crippen LogP contribution in [-0.4, -0.2) is 55.7 Å². The van der Waals surface area contributed by atoms with Crippen molar-refractivity contribution in [2.75, 3.05) is 13.1 Å². The number of nitrogens with zero attached hydrogens (tertiary/aromatic N) is 1. The van der Waals surface area contributed by atoms with Gasteiger partial charge in [0.1, 0.15) is 12.6 Å². The maximum atomic E-state index is 12.9. The zero-order valence-corrected chi connectivity index (χ0v) is 20.7. The molecule has 2 amide bonds. The fourth-order valence-electron chi connectivity index (χ4n) is 3.78. The van der Waals surface area contributed by atoms with Crippen LogP contribution in [0.4, 0.5) is 4.79 Å². The van der Waals surface area contributed by atoms with E-state index in [1.54, 1.807) is 18.2 Å². The average molecular weight is 502 g/mol. The van der Waals surface area contributed by atoms with Gasteiger partial charge in [0.25, 0.3) is 0 Å². The van der Waals surface area contributed by atoms with Crippen molar-refractivity contribution >= 4 is 27.8 Å². The summed E-state index contributed by atoms with van der Waals surface area (Å²) < 4.78 is 32.0. The van der Waals surface area contributed by atoms with Crippen molar-refractivity contribution in [2.24, 2.45) is 5.92 Å². The van der Waals surface area contributed by atoms with Crippen molar-refractivity contribution < 1.29 is 27.5 Å². The van der Waals surface area contributed by atoms with Crippen LogP contribution >= 0.6 is 0 Å². The highest BCUT2D eigenvalue weighted by Gasteiger charge is 2.36. The number of carbonyl (C=O) groups is 3. The predicted molar refractivity (Wildman–Crippen MR) is 130 cm³/mol. The third kappa shape index (κ3) is 7.37. The topological polar surface area (TPSA) is 122 Å². The lowest BCUT2D eigenvalue weighted by Crippen LogP contribution is -2.56. The smallest absolute Gasteiger partial charge is 0.408 e. The summed E-state index contributed by atoms with van der Waals surface area (Å²) in [6.07, 6.45) is -0.240. The molecular formula is C25H31N3O6S. The molecule has 35 heavy (non-hydrogen) atoms. The first-order chi connectivity index (χ1) is 16.7. The van der Waals surface area contributed by atoms with E-state index in [-0.39, 0.29) is 36.9 Å². The van der Waals surface area contributed by atoms with Crippen molar-refractivity contribution in [2.45, 2.75) is 50.3 Å². The molecule has 9 nitrogen and oxygen atoms in total. The quantitative estimate of drug-likeness (QED) is 0.544. The molecular weight excluding hydrogens is 470 g/mol. The number of ketones is 1. The summed E-state index contributed by atoms with van der Waals surface area (Å²) >= 11 is 0. The summed E-state index contributed by atoms with van der Waals surface area (Å²) in [6.45, 7) is 3.65. The van der Waals surface area contributed by atoms with E-state index < -0.39 is 39.9 Å². The Hall–Kier alpha value is -3.24. The molecule has 2 aromatic carbocycles. The number of nitrogens with one attached hydrogen (secondary N) is 2. The monoisotopic (exact) mass is 501 g/mol. The number of ether oxygens (including phenoxy) is 1. The lowest BCUT2D eigenvalue weighted by atomic mass is 10.0. The highest BCUT2D eigenvalue weighted by molar-refractivity contribution is 7.89. The Balaban J connectivity index is 1.57. The molecule has 2 atom stereocenters. The molecule has 0 spiro atoms. The lowest BCUT2D eigenvalue weighted by molar-refractivity contribution is -0.130. The Labute approximate surface area is 205 Å². The van der Waals surface area contributed by atoms with E-state index in [4.69, 9.17) is 4.74 Å². The largest absolute Gasteiger partial charge is 0.445 e. The molecule has 1 aliphatic rings. The summed E-state index contributed by atoms with van der Waals surface area (Å²) in [4.78, 5) is 38.1. The molecule has 10 heteroatoms. The second kappa shape index (κ2) is 11.9. The van der Waals surface area contributed by atoms with Gasteiger partial charge in [-0.2, -0.15) is 4.31 Å². The van der Waals surface area contributed by atoms with Crippen molar-refractivity contribution in [1.82, 2.24) is 14.9 Å². The van der Waals surface area contributed by atoms with Gasteiger partial charge >= 0.3 is 6.09 Å². The predicted octanol–water partition coefficient (Wildman–Crippen LogP) is 2.48. The van der Waals surface area contributed by atoms with Crippen LogP contribution in [0.1, 0.15) is 32.3 Å². The van der Waals surface area contributed by atoms with Crippen molar-refractivity contribution in [3.63, 3.8) is 0 Å². The standard InChI is InChI=1S/C25H31N3O6S/c1-18(2)15-22(27-25(31)34-17-19-9-5-3-6-10-19)24(30)26-21-13-14-28(16-23(21)29)35(32,33)20-11-7-4-8-12-20/h3-12,18,21-22H,13-17H2,1-2H3,(H,26,30)(H,27,31)/t21?,22-/m0/s1. The molecule has 0 radical (unpaired) electrons. The van der Waals surface area contributed by atoms with Crippen LogP contribution < -0.4 is 10.6 Å². The Morgan fingerprint density at radius 2 is 1.69 bits per heavy atom. The molecule has 0 aromatic heterocycles. The summed E-state index contributed by atoms with van der Waals surface area (Å²) in [7, 11) is -3.80. The Kier molecular flexibility index (Phi) is 9.00. The van der Waals surface area contributed by atoms with Crippen molar-refractivity contribution in [3.05, 3.63) is 66.2 Å². The van der Waals surface area contributed by atoms with Crippen LogP contribution in [0.25, 0.3) is 0 Å². The fraction of sp³-hybridized carbons (Fsp3) is 0.400. The highest BCUT2D eigenvalue weighted by atomic mass is 32.2. The fourth-order valence-corrected chi connectivity index (χ4v) is 5.22. The van der Waals surface area contributed by atoms with Crippen LogP contribution in [0.15, 0.2) is 65.6 Å². The van der Waals surface area contributed by atoms with Crippen LogP contribution in [-0.2, 0) is 31.0 Å². The number of sulfonamides is 1. The number of carbonyl (C=O) groups excluding carboxylic acids is 3. The summed E-state index contributed by atoms with van der Waals surface area (Å²) in [6, 6.07) is 15.3. The van der Waals surface area contributed by atoms with Gasteiger partial charge in [-0.15, -0.1) is 0 Å². The van der Waals surface area contributed by atoms with E-state index in [9.17, 15) is 22.8 Å². The van der Waals surface area contributed by atoms with Crippen molar-refractivity contribution in [3.8, 4) is 0 Å². The van der Waals surface area contributed by atoms with Gasteiger partial charge in [-0.3, -0.25) is 9.59 Å². The zero-order valence-electron chi connectivity index (χ0n) is 19.8. The number of piperidine rings is 1. The summed E-state index contributed by atoms with van der Waals surface area (Å²) in [5.41, 5.74) is 0.815. The first kappa shape index (κ1) is 26.4. The minimum Gasteiger partial charge on any atom is -0.445 e. The van der Waals surface area contributed by atoms with E-state index in [2.05, 4.69) is 10.6 Å². The van der Waals surface area contributed by atoms with Gasteiger partial charge in [-0.1, -0.05) is 62.4 Å². The minimum absolute atomic E-state index is 0.0650. The first-order valence-electron chi connectivity index (χ1n) is 11.5. The second-order valence-corrected chi connectivity index (χ2v) is 10.8. The highest BCUT2D eigenvalue weighted by Crippen LogP contribution is 2.19. The molecule has 1 saturated heterocycles. The Morgan fingerprint density at radius 1 is 1.06 bits per heavy atom. The van der Waals surface area contributed by atoms with E-state index in [1.165, 1.54) is 12.1 Å². The molecule has 0 saturated carbocycles. The van der Waals surface area contributed by atoms with Crippen LogP contribution in [0, 0.1) is 5.92 Å². The number of benzene rings is 2. The molecule has 2 N–H and O–H groups in total. The number of rotatable bonds is 9. The maximum Gasteiger partial charge on any atom is 0.408 e. The first-order valence-corrected chi connectivity index (χ1v) is 13.0. The molecule has 1 heterocycles. The van der Waals surface area contributed by atoms with Crippen LogP contribution in [0.2, 0.25) is 0 Å². The summed E-state index contributed by atoms with van der Waals surface area (Å²) in [5, 5.41) is 5.27. The molecule has 1 unspecified atom stereocenters. The number of amides is 2. The van der Waals surface area contributed by atoms with Gasteiger partial charge in [0.2, 0.25) is 15.9 Å². The van der Waals surface area contributed by atoms with E-state index in [1.807, 2.05) is 44.2 Å². The SMILES string of the molecule is CC(C)C[C@H](NC(=O)OCc1ccccc1)C(=O)NC1CCN(S(=O)(=O)c2ccccc2)CC1=O. The maximum absolute atomic E-state index is 12.9.